The number of amides is 2. The fourth-order valence-corrected chi connectivity index (χ4v) is 4.67. The van der Waals surface area contributed by atoms with Crippen molar-refractivity contribution in [1.29, 1.82) is 0 Å². The third-order valence-electron chi connectivity index (χ3n) is 4.81. The molecule has 178 valence electrons. The first-order valence-electron chi connectivity index (χ1n) is 10.9. The number of carbonyl (C=O) groups excluding carboxylic acids is 2. The molecule has 0 aliphatic carbocycles. The van der Waals surface area contributed by atoms with Gasteiger partial charge in [-0.2, -0.15) is 0 Å². The van der Waals surface area contributed by atoms with E-state index in [2.05, 4.69) is 20.3 Å². The molecule has 0 atom stereocenters. The number of thiazole rings is 1. The van der Waals surface area contributed by atoms with Crippen LogP contribution >= 0.6 is 22.7 Å². The Kier molecular flexibility index (Phi) is 7.28. The molecule has 3 heterocycles. The molecule has 0 fully saturated rings. The third kappa shape index (κ3) is 6.42. The molecule has 34 heavy (non-hydrogen) atoms. The molecule has 0 spiro atoms. The molecule has 0 aliphatic heterocycles. The summed E-state index contributed by atoms with van der Waals surface area (Å²) >= 11 is 3.00. The lowest BCUT2D eigenvalue weighted by atomic mass is 10.2. The highest BCUT2D eigenvalue weighted by atomic mass is 32.1. The minimum absolute atomic E-state index is 0.206. The van der Waals surface area contributed by atoms with Gasteiger partial charge in [-0.1, -0.05) is 18.2 Å². The molecule has 3 aromatic heterocycles. The molecule has 0 saturated heterocycles. The van der Waals surface area contributed by atoms with Crippen LogP contribution in [0.4, 0.5) is 4.79 Å². The Balaban J connectivity index is 1.40. The topological polar surface area (TPSA) is 100 Å². The lowest BCUT2D eigenvalue weighted by molar-refractivity contribution is 0.0231. The normalized spacial score (nSPS) is 11.5. The molecule has 0 bridgehead atoms. The molecule has 2 amide bonds. The quantitative estimate of drug-likeness (QED) is 0.357. The van der Waals surface area contributed by atoms with Crippen LogP contribution in [-0.2, 0) is 24.2 Å². The highest BCUT2D eigenvalue weighted by Gasteiger charge is 2.24. The SMILES string of the molecule is CC(C)(C)OC(=O)N(CCc1nc(C(=O)NCc2cccs2)cs1)Cc1nc2ccccc2[nH]1. The van der Waals surface area contributed by atoms with Crippen molar-refractivity contribution in [2.75, 3.05) is 6.54 Å². The highest BCUT2D eigenvalue weighted by molar-refractivity contribution is 7.10. The third-order valence-corrected chi connectivity index (χ3v) is 6.60. The first kappa shape index (κ1) is 23.9. The Labute approximate surface area is 206 Å². The predicted octanol–water partition coefficient (Wildman–Crippen LogP) is 4.99. The van der Waals surface area contributed by atoms with Crippen LogP contribution in [0.3, 0.4) is 0 Å². The average molecular weight is 498 g/mol. The van der Waals surface area contributed by atoms with E-state index in [4.69, 9.17) is 4.74 Å². The molecule has 4 rings (SSSR count). The van der Waals surface area contributed by atoms with Crippen molar-refractivity contribution in [2.45, 2.75) is 45.9 Å². The van der Waals surface area contributed by atoms with Crippen molar-refractivity contribution in [3.63, 3.8) is 0 Å². The Morgan fingerprint density at radius 1 is 1.12 bits per heavy atom. The molecule has 0 aliphatic rings. The summed E-state index contributed by atoms with van der Waals surface area (Å²) in [6.45, 7) is 6.66. The molecule has 0 radical (unpaired) electrons. The summed E-state index contributed by atoms with van der Waals surface area (Å²) in [7, 11) is 0. The maximum absolute atomic E-state index is 12.9. The summed E-state index contributed by atoms with van der Waals surface area (Å²) in [6.07, 6.45) is 0.0842. The van der Waals surface area contributed by atoms with Gasteiger partial charge in [-0.15, -0.1) is 22.7 Å². The molecule has 10 heteroatoms. The highest BCUT2D eigenvalue weighted by Crippen LogP contribution is 2.17. The maximum atomic E-state index is 12.9. The zero-order chi connectivity index (χ0) is 24.1. The first-order chi connectivity index (χ1) is 16.3. The van der Waals surface area contributed by atoms with E-state index >= 15 is 0 Å². The van der Waals surface area contributed by atoms with Crippen LogP contribution in [0.15, 0.2) is 47.2 Å². The molecule has 0 unspecified atom stereocenters. The smallest absolute Gasteiger partial charge is 0.410 e. The number of H-pyrrole nitrogens is 1. The number of imidazole rings is 1. The number of ether oxygens (including phenoxy) is 1. The standard InChI is InChI=1S/C24H27N5O3S2/c1-24(2,3)32-23(31)29(14-20-26-17-8-4-5-9-18(17)27-20)11-10-21-28-19(15-34-21)22(30)25-13-16-7-6-12-33-16/h4-9,12,15H,10-11,13-14H2,1-3H3,(H,25,30)(H,26,27). The van der Waals surface area contributed by atoms with E-state index in [9.17, 15) is 9.59 Å². The predicted molar refractivity (Wildman–Crippen MR) is 134 cm³/mol. The number of aromatic nitrogens is 3. The largest absolute Gasteiger partial charge is 0.444 e. The lowest BCUT2D eigenvalue weighted by Crippen LogP contribution is -2.37. The summed E-state index contributed by atoms with van der Waals surface area (Å²) < 4.78 is 5.61. The van der Waals surface area contributed by atoms with E-state index in [-0.39, 0.29) is 12.5 Å². The number of hydrogen-bond acceptors (Lipinski definition) is 7. The van der Waals surface area contributed by atoms with Gasteiger partial charge in [0.15, 0.2) is 0 Å². The molecule has 1 aromatic carbocycles. The minimum Gasteiger partial charge on any atom is -0.444 e. The van der Waals surface area contributed by atoms with Gasteiger partial charge < -0.3 is 19.9 Å². The van der Waals surface area contributed by atoms with Gasteiger partial charge in [-0.3, -0.25) is 4.79 Å². The van der Waals surface area contributed by atoms with Crippen molar-refractivity contribution in [3.05, 3.63) is 68.6 Å². The van der Waals surface area contributed by atoms with Crippen molar-refractivity contribution < 1.29 is 14.3 Å². The number of benzene rings is 1. The van der Waals surface area contributed by atoms with Crippen LogP contribution in [0.5, 0.6) is 0 Å². The van der Waals surface area contributed by atoms with Gasteiger partial charge in [-0.05, 0) is 44.4 Å². The van der Waals surface area contributed by atoms with Crippen LogP contribution in [0.1, 0.15) is 47.0 Å². The van der Waals surface area contributed by atoms with E-state index in [0.717, 1.165) is 20.9 Å². The maximum Gasteiger partial charge on any atom is 0.410 e. The van der Waals surface area contributed by atoms with Crippen LogP contribution in [0.25, 0.3) is 11.0 Å². The second kappa shape index (κ2) is 10.4. The van der Waals surface area contributed by atoms with Gasteiger partial charge in [0.25, 0.3) is 5.91 Å². The number of hydrogen-bond donors (Lipinski definition) is 2. The number of fused-ring (bicyclic) bond motifs is 1. The summed E-state index contributed by atoms with van der Waals surface area (Å²) in [5, 5.41) is 7.39. The molecule has 2 N–H and O–H groups in total. The van der Waals surface area contributed by atoms with Gasteiger partial charge in [0.05, 0.1) is 29.1 Å². The monoisotopic (exact) mass is 497 g/mol. The van der Waals surface area contributed by atoms with Crippen molar-refractivity contribution >= 4 is 45.7 Å². The van der Waals surface area contributed by atoms with Gasteiger partial charge in [0.1, 0.15) is 17.1 Å². The van der Waals surface area contributed by atoms with Gasteiger partial charge in [0.2, 0.25) is 0 Å². The molecule has 0 saturated carbocycles. The zero-order valence-corrected chi connectivity index (χ0v) is 21.0. The number of aromatic amines is 1. The van der Waals surface area contributed by atoms with Gasteiger partial charge in [0, 0.05) is 23.2 Å². The van der Waals surface area contributed by atoms with E-state index < -0.39 is 11.7 Å². The van der Waals surface area contributed by atoms with Crippen LogP contribution in [-0.4, -0.2) is 44.0 Å². The molecular formula is C24H27N5O3S2. The van der Waals surface area contributed by atoms with Crippen molar-refractivity contribution in [2.24, 2.45) is 0 Å². The van der Waals surface area contributed by atoms with Crippen molar-refractivity contribution in [3.8, 4) is 0 Å². The lowest BCUT2D eigenvalue weighted by Gasteiger charge is -2.26. The molecule has 4 aromatic rings. The van der Waals surface area contributed by atoms with Crippen LogP contribution < -0.4 is 5.32 Å². The zero-order valence-electron chi connectivity index (χ0n) is 19.3. The average Bonchev–Trinajstić information content (AvgIpc) is 3.54. The van der Waals surface area contributed by atoms with Crippen LogP contribution in [0.2, 0.25) is 0 Å². The fraction of sp³-hybridized carbons (Fsp3) is 0.333. The van der Waals surface area contributed by atoms with E-state index in [1.165, 1.54) is 11.3 Å². The Hall–Kier alpha value is -3.24. The van der Waals surface area contributed by atoms with E-state index in [1.807, 2.05) is 62.5 Å². The Morgan fingerprint density at radius 2 is 1.94 bits per heavy atom. The second-order valence-electron chi connectivity index (χ2n) is 8.74. The number of thiophene rings is 1. The molecular weight excluding hydrogens is 470 g/mol. The van der Waals surface area contributed by atoms with E-state index in [1.54, 1.807) is 21.6 Å². The van der Waals surface area contributed by atoms with Gasteiger partial charge in [-0.25, -0.2) is 14.8 Å². The minimum atomic E-state index is -0.613. The number of rotatable bonds is 8. The van der Waals surface area contributed by atoms with Crippen LogP contribution in [0, 0.1) is 0 Å². The van der Waals surface area contributed by atoms with E-state index in [0.29, 0.717) is 31.0 Å². The number of nitrogens with one attached hydrogen (secondary N) is 2. The Morgan fingerprint density at radius 3 is 2.68 bits per heavy atom. The number of para-hydroxylation sites is 2. The second-order valence-corrected chi connectivity index (χ2v) is 10.7. The Bertz CT molecular complexity index is 1220. The summed E-state index contributed by atoms with van der Waals surface area (Å²) in [6, 6.07) is 11.7. The summed E-state index contributed by atoms with van der Waals surface area (Å²) in [5.74, 6) is 0.474. The molecule has 8 nitrogen and oxygen atoms in total. The number of nitrogens with zero attached hydrogens (tertiary/aromatic N) is 3. The fourth-order valence-electron chi connectivity index (χ4n) is 3.25. The van der Waals surface area contributed by atoms with Gasteiger partial charge >= 0.3 is 6.09 Å². The number of carbonyl (C=O) groups is 2. The summed E-state index contributed by atoms with van der Waals surface area (Å²) in [4.78, 5) is 40.3. The summed E-state index contributed by atoms with van der Waals surface area (Å²) in [5.41, 5.74) is 1.54. The van der Waals surface area contributed by atoms with Crippen molar-refractivity contribution in [1.82, 2.24) is 25.2 Å². The first-order valence-corrected chi connectivity index (χ1v) is 12.7.